The first-order chi connectivity index (χ1) is 12.6. The SMILES string of the molecule is CCNC(=NCc1ccnc2ccccc12)NCC1(C)CCCCC1O. The molecule has 5 nitrogen and oxygen atoms in total. The number of nitrogens with one attached hydrogen (secondary N) is 2. The second kappa shape index (κ2) is 8.49. The van der Waals surface area contributed by atoms with E-state index < -0.39 is 0 Å². The predicted molar refractivity (Wildman–Crippen MR) is 107 cm³/mol. The molecule has 1 aliphatic rings. The van der Waals surface area contributed by atoms with E-state index >= 15 is 0 Å². The summed E-state index contributed by atoms with van der Waals surface area (Å²) < 4.78 is 0. The van der Waals surface area contributed by atoms with Crippen molar-refractivity contribution in [3.8, 4) is 0 Å². The molecule has 0 radical (unpaired) electrons. The van der Waals surface area contributed by atoms with E-state index in [1.165, 1.54) is 6.42 Å². The van der Waals surface area contributed by atoms with Gasteiger partial charge < -0.3 is 15.7 Å². The molecule has 140 valence electrons. The summed E-state index contributed by atoms with van der Waals surface area (Å²) in [5.41, 5.74) is 2.07. The van der Waals surface area contributed by atoms with Gasteiger partial charge in [-0.3, -0.25) is 4.98 Å². The van der Waals surface area contributed by atoms with E-state index in [4.69, 9.17) is 4.99 Å². The van der Waals surface area contributed by atoms with Gasteiger partial charge in [-0.1, -0.05) is 38.0 Å². The minimum absolute atomic E-state index is 0.0855. The zero-order valence-electron chi connectivity index (χ0n) is 15.8. The standard InChI is InChI=1S/C21H30N4O/c1-3-22-20(25-15-21(2)12-7-6-10-19(21)26)24-14-16-11-13-23-18-9-5-4-8-17(16)18/h4-5,8-9,11,13,19,26H,3,6-7,10,12,14-15H2,1-2H3,(H2,22,24,25). The summed E-state index contributed by atoms with van der Waals surface area (Å²) in [6.45, 7) is 6.37. The number of hydrogen-bond donors (Lipinski definition) is 3. The quantitative estimate of drug-likeness (QED) is 0.569. The van der Waals surface area contributed by atoms with E-state index in [1.54, 1.807) is 0 Å². The summed E-state index contributed by atoms with van der Waals surface area (Å²) in [7, 11) is 0. The Morgan fingerprint density at radius 1 is 1.27 bits per heavy atom. The molecule has 1 aliphatic carbocycles. The first kappa shape index (κ1) is 18.6. The van der Waals surface area contributed by atoms with Crippen molar-refractivity contribution in [2.75, 3.05) is 13.1 Å². The van der Waals surface area contributed by atoms with Gasteiger partial charge in [-0.2, -0.15) is 0 Å². The van der Waals surface area contributed by atoms with Crippen molar-refractivity contribution < 1.29 is 5.11 Å². The molecule has 1 aromatic heterocycles. The van der Waals surface area contributed by atoms with E-state index in [9.17, 15) is 5.11 Å². The van der Waals surface area contributed by atoms with Crippen LogP contribution < -0.4 is 10.6 Å². The van der Waals surface area contributed by atoms with Gasteiger partial charge in [0, 0.05) is 30.1 Å². The third-order valence-electron chi connectivity index (χ3n) is 5.43. The number of aliphatic hydroxyl groups is 1. The lowest BCUT2D eigenvalue weighted by Gasteiger charge is -2.38. The summed E-state index contributed by atoms with van der Waals surface area (Å²) in [5.74, 6) is 0.799. The number of guanidine groups is 1. The molecular formula is C21H30N4O. The molecular weight excluding hydrogens is 324 g/mol. The first-order valence-electron chi connectivity index (χ1n) is 9.65. The highest BCUT2D eigenvalue weighted by molar-refractivity contribution is 5.83. The van der Waals surface area contributed by atoms with Crippen LogP contribution in [0.4, 0.5) is 0 Å². The Morgan fingerprint density at radius 3 is 2.92 bits per heavy atom. The van der Waals surface area contributed by atoms with Crippen molar-refractivity contribution in [1.82, 2.24) is 15.6 Å². The van der Waals surface area contributed by atoms with Crippen molar-refractivity contribution >= 4 is 16.9 Å². The van der Waals surface area contributed by atoms with Gasteiger partial charge in [0.25, 0.3) is 0 Å². The largest absolute Gasteiger partial charge is 0.392 e. The predicted octanol–water partition coefficient (Wildman–Crippen LogP) is 3.23. The van der Waals surface area contributed by atoms with Gasteiger partial charge in [0.05, 0.1) is 18.2 Å². The number of aliphatic hydroxyl groups excluding tert-OH is 1. The molecule has 26 heavy (non-hydrogen) atoms. The van der Waals surface area contributed by atoms with Crippen LogP contribution >= 0.6 is 0 Å². The summed E-state index contributed by atoms with van der Waals surface area (Å²) in [6, 6.07) is 10.2. The zero-order valence-corrected chi connectivity index (χ0v) is 15.8. The third kappa shape index (κ3) is 4.33. The molecule has 2 aromatic rings. The maximum absolute atomic E-state index is 10.4. The topological polar surface area (TPSA) is 69.5 Å². The van der Waals surface area contributed by atoms with Gasteiger partial charge in [0.2, 0.25) is 0 Å². The van der Waals surface area contributed by atoms with Gasteiger partial charge in [0.15, 0.2) is 5.96 Å². The van der Waals surface area contributed by atoms with Crippen LogP contribution in [0, 0.1) is 5.41 Å². The van der Waals surface area contributed by atoms with E-state index in [-0.39, 0.29) is 11.5 Å². The van der Waals surface area contributed by atoms with E-state index in [2.05, 4.69) is 35.5 Å². The van der Waals surface area contributed by atoms with Crippen molar-refractivity contribution in [2.24, 2.45) is 10.4 Å². The molecule has 5 heteroatoms. The van der Waals surface area contributed by atoms with Crippen LogP contribution in [0.2, 0.25) is 0 Å². The molecule has 1 aromatic carbocycles. The Bertz CT molecular complexity index is 755. The molecule has 1 heterocycles. The molecule has 3 N–H and O–H groups in total. The molecule has 0 aliphatic heterocycles. The average molecular weight is 354 g/mol. The molecule has 0 amide bonds. The molecule has 0 spiro atoms. The van der Waals surface area contributed by atoms with E-state index in [0.29, 0.717) is 6.54 Å². The number of para-hydroxylation sites is 1. The second-order valence-corrected chi connectivity index (χ2v) is 7.45. The Hall–Kier alpha value is -2.14. The van der Waals surface area contributed by atoms with Crippen LogP contribution in [0.3, 0.4) is 0 Å². The molecule has 3 rings (SSSR count). The number of benzene rings is 1. The number of rotatable bonds is 5. The number of hydrogen-bond acceptors (Lipinski definition) is 3. The number of aliphatic imine (C=N–C) groups is 1. The van der Waals surface area contributed by atoms with Crippen LogP contribution in [-0.2, 0) is 6.54 Å². The van der Waals surface area contributed by atoms with Crippen LogP contribution in [0.1, 0.15) is 45.1 Å². The fourth-order valence-corrected chi connectivity index (χ4v) is 3.67. The van der Waals surface area contributed by atoms with Gasteiger partial charge >= 0.3 is 0 Å². The summed E-state index contributed by atoms with van der Waals surface area (Å²) in [5, 5.41) is 18.3. The Morgan fingerprint density at radius 2 is 2.12 bits per heavy atom. The average Bonchev–Trinajstić information content (AvgIpc) is 2.66. The number of nitrogens with zero attached hydrogens (tertiary/aromatic N) is 2. The summed E-state index contributed by atoms with van der Waals surface area (Å²) in [4.78, 5) is 9.17. The van der Waals surface area contributed by atoms with Crippen LogP contribution in [0.25, 0.3) is 10.9 Å². The minimum atomic E-state index is -0.240. The fourth-order valence-electron chi connectivity index (χ4n) is 3.67. The highest BCUT2D eigenvalue weighted by Crippen LogP contribution is 2.35. The van der Waals surface area contributed by atoms with Crippen LogP contribution in [0.5, 0.6) is 0 Å². The van der Waals surface area contributed by atoms with Crippen LogP contribution in [-0.4, -0.2) is 35.2 Å². The fraction of sp³-hybridized carbons (Fsp3) is 0.524. The Labute approximate surface area is 155 Å². The molecule has 2 atom stereocenters. The maximum Gasteiger partial charge on any atom is 0.191 e. The summed E-state index contributed by atoms with van der Waals surface area (Å²) in [6.07, 6.45) is 5.86. The molecule has 0 saturated heterocycles. The number of fused-ring (bicyclic) bond motifs is 1. The summed E-state index contributed by atoms with van der Waals surface area (Å²) >= 11 is 0. The lowest BCUT2D eigenvalue weighted by Crippen LogP contribution is -2.48. The normalized spacial score (nSPS) is 23.8. The van der Waals surface area contributed by atoms with Gasteiger partial charge in [0.1, 0.15) is 0 Å². The lowest BCUT2D eigenvalue weighted by molar-refractivity contribution is 0.00397. The highest BCUT2D eigenvalue weighted by Gasteiger charge is 2.35. The monoisotopic (exact) mass is 354 g/mol. The van der Waals surface area contributed by atoms with Crippen LogP contribution in [0.15, 0.2) is 41.5 Å². The van der Waals surface area contributed by atoms with Crippen molar-refractivity contribution in [2.45, 2.75) is 52.2 Å². The minimum Gasteiger partial charge on any atom is -0.392 e. The van der Waals surface area contributed by atoms with E-state index in [0.717, 1.165) is 54.8 Å². The molecule has 2 unspecified atom stereocenters. The smallest absolute Gasteiger partial charge is 0.191 e. The van der Waals surface area contributed by atoms with Gasteiger partial charge in [-0.05, 0) is 37.5 Å². The number of pyridine rings is 1. The van der Waals surface area contributed by atoms with Crippen molar-refractivity contribution in [3.63, 3.8) is 0 Å². The molecule has 1 saturated carbocycles. The van der Waals surface area contributed by atoms with E-state index in [1.807, 2.05) is 30.5 Å². The lowest BCUT2D eigenvalue weighted by atomic mass is 9.73. The zero-order chi connectivity index (χ0) is 18.4. The van der Waals surface area contributed by atoms with Crippen molar-refractivity contribution in [3.05, 3.63) is 42.1 Å². The van der Waals surface area contributed by atoms with Gasteiger partial charge in [-0.25, -0.2) is 4.99 Å². The third-order valence-corrected chi connectivity index (χ3v) is 5.43. The Kier molecular flexibility index (Phi) is 6.09. The maximum atomic E-state index is 10.4. The second-order valence-electron chi connectivity index (χ2n) is 7.45. The highest BCUT2D eigenvalue weighted by atomic mass is 16.3. The Balaban J connectivity index is 1.70. The van der Waals surface area contributed by atoms with Crippen molar-refractivity contribution in [1.29, 1.82) is 0 Å². The van der Waals surface area contributed by atoms with Gasteiger partial charge in [-0.15, -0.1) is 0 Å². The molecule has 0 bridgehead atoms. The number of aromatic nitrogens is 1. The first-order valence-corrected chi connectivity index (χ1v) is 9.65. The molecule has 1 fully saturated rings.